The minimum absolute atomic E-state index is 0.135. The molecule has 6 nitrogen and oxygen atoms in total. The van der Waals surface area contributed by atoms with Crippen molar-refractivity contribution in [2.24, 2.45) is 4.99 Å². The summed E-state index contributed by atoms with van der Waals surface area (Å²) in [6.07, 6.45) is 7.48. The highest BCUT2D eigenvalue weighted by Crippen LogP contribution is 2.42. The van der Waals surface area contributed by atoms with Gasteiger partial charge in [-0.15, -0.1) is 0 Å². The zero-order chi connectivity index (χ0) is 17.5. The van der Waals surface area contributed by atoms with Crippen LogP contribution in [0.4, 0.5) is 0 Å². The number of sulfonamides is 1. The predicted molar refractivity (Wildman–Crippen MR) is 103 cm³/mol. The smallest absolute Gasteiger partial charge is 0.211 e. The molecule has 2 fully saturated rings. The maximum atomic E-state index is 11.4. The molecule has 1 aliphatic carbocycles. The Balaban J connectivity index is 1.77. The lowest BCUT2D eigenvalue weighted by Gasteiger charge is -2.45. The highest BCUT2D eigenvalue weighted by molar-refractivity contribution is 8.00. The van der Waals surface area contributed by atoms with E-state index in [0.717, 1.165) is 37.8 Å². The Morgan fingerprint density at radius 1 is 1.25 bits per heavy atom. The van der Waals surface area contributed by atoms with Crippen LogP contribution in [0.2, 0.25) is 0 Å². The van der Waals surface area contributed by atoms with Crippen molar-refractivity contribution in [1.82, 2.24) is 14.9 Å². The minimum atomic E-state index is -3.09. The maximum absolute atomic E-state index is 11.4. The second kappa shape index (κ2) is 9.29. The lowest BCUT2D eigenvalue weighted by atomic mass is 9.87. The summed E-state index contributed by atoms with van der Waals surface area (Å²) in [5.41, 5.74) is 0. The molecule has 2 rings (SSSR count). The summed E-state index contributed by atoms with van der Waals surface area (Å²) in [5.74, 6) is 2.26. The monoisotopic (exact) mass is 376 g/mol. The number of hydrogen-bond acceptors (Lipinski definition) is 4. The molecule has 0 aromatic rings. The van der Waals surface area contributed by atoms with E-state index in [1.807, 2.05) is 7.05 Å². The van der Waals surface area contributed by atoms with Gasteiger partial charge in [0.15, 0.2) is 5.96 Å². The first-order valence-corrected chi connectivity index (χ1v) is 11.7. The van der Waals surface area contributed by atoms with E-state index < -0.39 is 10.0 Å². The molecule has 0 aromatic carbocycles. The third-order valence-corrected chi connectivity index (χ3v) is 7.80. The van der Waals surface area contributed by atoms with Crippen molar-refractivity contribution in [1.29, 1.82) is 0 Å². The molecule has 8 heteroatoms. The van der Waals surface area contributed by atoms with Gasteiger partial charge in [-0.1, -0.05) is 19.3 Å². The average molecular weight is 377 g/mol. The Labute approximate surface area is 151 Å². The molecule has 2 aliphatic rings. The van der Waals surface area contributed by atoms with Crippen molar-refractivity contribution >= 4 is 27.7 Å². The van der Waals surface area contributed by atoms with E-state index in [9.17, 15) is 8.42 Å². The van der Waals surface area contributed by atoms with Crippen molar-refractivity contribution in [3.05, 3.63) is 0 Å². The number of rotatable bonds is 6. The molecule has 0 atom stereocenters. The van der Waals surface area contributed by atoms with Gasteiger partial charge in [-0.25, -0.2) is 13.1 Å². The Morgan fingerprint density at radius 3 is 2.67 bits per heavy atom. The van der Waals surface area contributed by atoms with Gasteiger partial charge in [0.2, 0.25) is 10.0 Å². The molecule has 1 heterocycles. The zero-order valence-corrected chi connectivity index (χ0v) is 16.6. The van der Waals surface area contributed by atoms with Crippen LogP contribution in [0.1, 0.15) is 45.4 Å². The molecule has 24 heavy (non-hydrogen) atoms. The number of guanidine groups is 1. The van der Waals surface area contributed by atoms with Crippen molar-refractivity contribution in [2.45, 2.75) is 50.2 Å². The summed E-state index contributed by atoms with van der Waals surface area (Å²) in [5, 5.41) is 3.40. The van der Waals surface area contributed by atoms with Crippen molar-refractivity contribution in [3.63, 3.8) is 0 Å². The van der Waals surface area contributed by atoms with E-state index in [1.54, 1.807) is 6.92 Å². The fourth-order valence-electron chi connectivity index (χ4n) is 3.47. The SMILES string of the molecule is CCS(=O)(=O)NCCCNC(=NC)N1CCSC2(CCCCC2)C1. The fourth-order valence-corrected chi connectivity index (χ4v) is 5.70. The maximum Gasteiger partial charge on any atom is 0.211 e. The Morgan fingerprint density at radius 2 is 2.00 bits per heavy atom. The van der Waals surface area contributed by atoms with Gasteiger partial charge in [-0.3, -0.25) is 4.99 Å². The minimum Gasteiger partial charge on any atom is -0.356 e. The number of aliphatic imine (C=N–C) groups is 1. The van der Waals surface area contributed by atoms with Gasteiger partial charge < -0.3 is 10.2 Å². The van der Waals surface area contributed by atoms with E-state index in [0.29, 0.717) is 11.3 Å². The third kappa shape index (κ3) is 5.81. The van der Waals surface area contributed by atoms with E-state index >= 15 is 0 Å². The summed E-state index contributed by atoms with van der Waals surface area (Å²) in [4.78, 5) is 6.82. The largest absolute Gasteiger partial charge is 0.356 e. The van der Waals surface area contributed by atoms with Crippen LogP contribution in [-0.4, -0.2) is 68.8 Å². The Hall–Kier alpha value is -0.470. The van der Waals surface area contributed by atoms with Gasteiger partial charge in [0, 0.05) is 43.7 Å². The first-order chi connectivity index (χ1) is 11.5. The standard InChI is InChI=1S/C16H32N4O2S2/c1-3-24(21,22)19-11-7-10-18-15(17-2)20-12-13-23-16(14-20)8-5-4-6-9-16/h19H,3-14H2,1-2H3,(H,17,18). The van der Waals surface area contributed by atoms with Gasteiger partial charge >= 0.3 is 0 Å². The molecular weight excluding hydrogens is 344 g/mol. The molecule has 2 N–H and O–H groups in total. The quantitative estimate of drug-likeness (QED) is 0.419. The molecule has 0 aromatic heterocycles. The lowest BCUT2D eigenvalue weighted by molar-refractivity contribution is 0.293. The lowest BCUT2D eigenvalue weighted by Crippen LogP contribution is -2.53. The van der Waals surface area contributed by atoms with Crippen LogP contribution >= 0.6 is 11.8 Å². The van der Waals surface area contributed by atoms with Crippen molar-refractivity contribution in [3.8, 4) is 0 Å². The summed E-state index contributed by atoms with van der Waals surface area (Å²) < 4.78 is 25.8. The predicted octanol–water partition coefficient (Wildman–Crippen LogP) is 1.64. The van der Waals surface area contributed by atoms with Crippen LogP contribution in [0.25, 0.3) is 0 Å². The van der Waals surface area contributed by atoms with Gasteiger partial charge in [0.25, 0.3) is 0 Å². The second-order valence-corrected chi connectivity index (χ2v) is 10.3. The van der Waals surface area contributed by atoms with Gasteiger partial charge in [-0.2, -0.15) is 11.8 Å². The van der Waals surface area contributed by atoms with Gasteiger partial charge in [0.1, 0.15) is 0 Å². The fraction of sp³-hybridized carbons (Fsp3) is 0.938. The van der Waals surface area contributed by atoms with Crippen molar-refractivity contribution in [2.75, 3.05) is 44.7 Å². The molecule has 1 saturated carbocycles. The van der Waals surface area contributed by atoms with Gasteiger partial charge in [-0.05, 0) is 26.2 Å². The molecule has 0 bridgehead atoms. The van der Waals surface area contributed by atoms with Crippen LogP contribution in [0, 0.1) is 0 Å². The number of thioether (sulfide) groups is 1. The first-order valence-electron chi connectivity index (χ1n) is 9.07. The summed E-state index contributed by atoms with van der Waals surface area (Å²) in [6, 6.07) is 0. The Kier molecular flexibility index (Phi) is 7.68. The molecule has 0 amide bonds. The molecule has 1 spiro atoms. The van der Waals surface area contributed by atoms with E-state index in [-0.39, 0.29) is 5.75 Å². The average Bonchev–Trinajstić information content (AvgIpc) is 2.59. The van der Waals surface area contributed by atoms with Crippen LogP contribution in [0.15, 0.2) is 4.99 Å². The first kappa shape index (κ1) is 19.8. The van der Waals surface area contributed by atoms with Gasteiger partial charge in [0.05, 0.1) is 5.75 Å². The van der Waals surface area contributed by atoms with E-state index in [1.165, 1.54) is 32.1 Å². The summed E-state index contributed by atoms with van der Waals surface area (Å²) in [7, 11) is -1.26. The van der Waals surface area contributed by atoms with Crippen LogP contribution in [0.3, 0.4) is 0 Å². The molecule has 1 saturated heterocycles. The van der Waals surface area contributed by atoms with E-state index in [4.69, 9.17) is 0 Å². The zero-order valence-electron chi connectivity index (χ0n) is 15.0. The van der Waals surface area contributed by atoms with E-state index in [2.05, 4.69) is 31.7 Å². The summed E-state index contributed by atoms with van der Waals surface area (Å²) >= 11 is 2.15. The van der Waals surface area contributed by atoms with Crippen molar-refractivity contribution < 1.29 is 8.42 Å². The molecule has 0 unspecified atom stereocenters. The molecule has 1 aliphatic heterocycles. The van der Waals surface area contributed by atoms with Crippen LogP contribution < -0.4 is 10.0 Å². The third-order valence-electron chi connectivity index (χ3n) is 4.86. The number of hydrogen-bond donors (Lipinski definition) is 2. The normalized spacial score (nSPS) is 21.9. The second-order valence-electron chi connectivity index (χ2n) is 6.64. The summed E-state index contributed by atoms with van der Waals surface area (Å²) in [6.45, 7) is 4.97. The Bertz CT molecular complexity index is 511. The highest BCUT2D eigenvalue weighted by atomic mass is 32.2. The highest BCUT2D eigenvalue weighted by Gasteiger charge is 2.38. The van der Waals surface area contributed by atoms with Crippen LogP contribution in [0.5, 0.6) is 0 Å². The topological polar surface area (TPSA) is 73.8 Å². The molecular formula is C16H32N4O2S2. The molecule has 140 valence electrons. The molecule has 0 radical (unpaired) electrons. The van der Waals surface area contributed by atoms with Crippen LogP contribution in [-0.2, 0) is 10.0 Å². The number of nitrogens with zero attached hydrogens (tertiary/aromatic N) is 2. The number of nitrogens with one attached hydrogen (secondary N) is 2.